The van der Waals surface area contributed by atoms with Gasteiger partial charge in [-0.25, -0.2) is 4.39 Å². The third-order valence-electron chi connectivity index (χ3n) is 3.69. The van der Waals surface area contributed by atoms with Crippen LogP contribution in [-0.4, -0.2) is 26.3 Å². The van der Waals surface area contributed by atoms with Crippen molar-refractivity contribution >= 4 is 15.9 Å². The van der Waals surface area contributed by atoms with Crippen molar-refractivity contribution < 1.29 is 9.13 Å². The Labute approximate surface area is 122 Å². The molecular weight excluding hydrogens is 309 g/mol. The minimum absolute atomic E-state index is 0.148. The number of hydrogen-bond acceptors (Lipinski definition) is 2. The highest BCUT2D eigenvalue weighted by Gasteiger charge is 2.35. The molecule has 2 nitrogen and oxygen atoms in total. The van der Waals surface area contributed by atoms with Crippen molar-refractivity contribution in [2.24, 2.45) is 5.41 Å². The monoisotopic (exact) mass is 329 g/mol. The highest BCUT2D eigenvalue weighted by molar-refractivity contribution is 9.10. The summed E-state index contributed by atoms with van der Waals surface area (Å²) in [5, 5.41) is 3.50. The minimum atomic E-state index is -0.198. The van der Waals surface area contributed by atoms with Crippen molar-refractivity contribution in [1.29, 1.82) is 0 Å². The van der Waals surface area contributed by atoms with Gasteiger partial charge >= 0.3 is 0 Å². The van der Waals surface area contributed by atoms with E-state index in [2.05, 4.69) is 28.2 Å². The van der Waals surface area contributed by atoms with Crippen molar-refractivity contribution in [1.82, 2.24) is 5.32 Å². The van der Waals surface area contributed by atoms with Crippen molar-refractivity contribution in [2.75, 3.05) is 26.3 Å². The zero-order chi connectivity index (χ0) is 13.7. The van der Waals surface area contributed by atoms with Crippen LogP contribution in [0.4, 0.5) is 4.39 Å². The molecule has 0 aromatic heterocycles. The van der Waals surface area contributed by atoms with E-state index in [1.807, 2.05) is 6.07 Å². The van der Waals surface area contributed by atoms with Crippen LogP contribution in [0.3, 0.4) is 0 Å². The van der Waals surface area contributed by atoms with Gasteiger partial charge in [0.15, 0.2) is 0 Å². The molecule has 4 heteroatoms. The smallest absolute Gasteiger partial charge is 0.124 e. The first-order valence-corrected chi connectivity index (χ1v) is 7.67. The zero-order valence-corrected chi connectivity index (χ0v) is 12.9. The quantitative estimate of drug-likeness (QED) is 0.806. The summed E-state index contributed by atoms with van der Waals surface area (Å²) in [5.41, 5.74) is 1.31. The highest BCUT2D eigenvalue weighted by atomic mass is 79.9. The van der Waals surface area contributed by atoms with Crippen LogP contribution in [0.25, 0.3) is 0 Å². The van der Waals surface area contributed by atoms with Crippen molar-refractivity contribution in [3.8, 4) is 0 Å². The summed E-state index contributed by atoms with van der Waals surface area (Å²) >= 11 is 3.46. The fourth-order valence-electron chi connectivity index (χ4n) is 2.59. The van der Waals surface area contributed by atoms with Crippen LogP contribution in [0, 0.1) is 11.2 Å². The fourth-order valence-corrected chi connectivity index (χ4v) is 3.08. The van der Waals surface area contributed by atoms with Crippen LogP contribution in [0.15, 0.2) is 22.7 Å². The second-order valence-corrected chi connectivity index (χ2v) is 6.25. The van der Waals surface area contributed by atoms with Crippen LogP contribution >= 0.6 is 15.9 Å². The van der Waals surface area contributed by atoms with Gasteiger partial charge in [-0.05, 0) is 43.5 Å². The van der Waals surface area contributed by atoms with E-state index >= 15 is 0 Å². The Bertz CT molecular complexity index is 419. The largest absolute Gasteiger partial charge is 0.381 e. The van der Waals surface area contributed by atoms with Gasteiger partial charge in [0.2, 0.25) is 0 Å². The van der Waals surface area contributed by atoms with E-state index in [1.54, 1.807) is 0 Å². The number of nitrogens with one attached hydrogen (secondary N) is 1. The summed E-state index contributed by atoms with van der Waals surface area (Å²) in [6, 6.07) is 4.95. The zero-order valence-electron chi connectivity index (χ0n) is 11.3. The second kappa shape index (κ2) is 6.82. The van der Waals surface area contributed by atoms with Crippen molar-refractivity contribution in [2.45, 2.75) is 26.2 Å². The average Bonchev–Trinajstić information content (AvgIpc) is 2.82. The first-order valence-electron chi connectivity index (χ1n) is 6.88. The molecule has 1 aliphatic heterocycles. The Hall–Kier alpha value is -0.450. The van der Waals surface area contributed by atoms with Gasteiger partial charge < -0.3 is 10.1 Å². The lowest BCUT2D eigenvalue weighted by molar-refractivity contribution is 0.149. The first kappa shape index (κ1) is 14.9. The number of halogens is 2. The van der Waals surface area contributed by atoms with Crippen LogP contribution in [-0.2, 0) is 11.2 Å². The molecule has 106 valence electrons. The molecule has 1 saturated heterocycles. The summed E-state index contributed by atoms with van der Waals surface area (Å²) in [6.07, 6.45) is 3.12. The van der Waals surface area contributed by atoms with Gasteiger partial charge in [-0.2, -0.15) is 0 Å². The first-order chi connectivity index (χ1) is 9.15. The highest BCUT2D eigenvalue weighted by Crippen LogP contribution is 2.34. The van der Waals surface area contributed by atoms with Crippen molar-refractivity contribution in [3.05, 3.63) is 34.1 Å². The minimum Gasteiger partial charge on any atom is -0.381 e. The van der Waals surface area contributed by atoms with Crippen LogP contribution in [0.2, 0.25) is 0 Å². The lowest BCUT2D eigenvalue weighted by Gasteiger charge is -2.28. The molecule has 1 aromatic carbocycles. The van der Waals surface area contributed by atoms with E-state index in [0.29, 0.717) is 0 Å². The lowest BCUT2D eigenvalue weighted by Crippen LogP contribution is -2.37. The Balaban J connectivity index is 2.07. The van der Waals surface area contributed by atoms with E-state index in [4.69, 9.17) is 4.74 Å². The third kappa shape index (κ3) is 4.01. The maximum Gasteiger partial charge on any atom is 0.124 e. The average molecular weight is 330 g/mol. The SMILES string of the molecule is CCCNCC1(Cc2ccc(F)cc2Br)CCOC1. The predicted octanol–water partition coefficient (Wildman–Crippen LogP) is 3.54. The molecule has 0 radical (unpaired) electrons. The molecule has 0 aliphatic carbocycles. The fraction of sp³-hybridized carbons (Fsp3) is 0.600. The molecule has 1 fully saturated rings. The molecule has 1 aliphatic rings. The lowest BCUT2D eigenvalue weighted by atomic mass is 9.81. The van der Waals surface area contributed by atoms with Gasteiger partial charge in [0.25, 0.3) is 0 Å². The van der Waals surface area contributed by atoms with E-state index < -0.39 is 0 Å². The van der Waals surface area contributed by atoms with E-state index in [1.165, 1.54) is 12.1 Å². The van der Waals surface area contributed by atoms with Gasteiger partial charge in [-0.1, -0.05) is 28.9 Å². The van der Waals surface area contributed by atoms with E-state index in [-0.39, 0.29) is 11.2 Å². The van der Waals surface area contributed by atoms with Crippen molar-refractivity contribution in [3.63, 3.8) is 0 Å². The number of hydrogen-bond donors (Lipinski definition) is 1. The maximum atomic E-state index is 13.1. The normalized spacial score (nSPS) is 22.9. The van der Waals surface area contributed by atoms with Gasteiger partial charge in [0.1, 0.15) is 5.82 Å². The molecule has 1 aromatic rings. The van der Waals surface area contributed by atoms with Crippen LogP contribution in [0.5, 0.6) is 0 Å². The molecule has 19 heavy (non-hydrogen) atoms. The molecule has 1 N–H and O–H groups in total. The standard InChI is InChI=1S/C15H21BrFNO/c1-2-6-18-10-15(5-7-19-11-15)9-12-3-4-13(17)8-14(12)16/h3-4,8,18H,2,5-7,9-11H2,1H3. The van der Waals surface area contributed by atoms with Gasteiger partial charge in [-0.15, -0.1) is 0 Å². The van der Waals surface area contributed by atoms with Crippen LogP contribution < -0.4 is 5.32 Å². The van der Waals surface area contributed by atoms with Gasteiger partial charge in [0, 0.05) is 23.0 Å². The molecule has 1 heterocycles. The Morgan fingerprint density at radius 1 is 1.47 bits per heavy atom. The molecular formula is C15H21BrFNO. The molecule has 0 bridgehead atoms. The Kier molecular flexibility index (Phi) is 5.37. The predicted molar refractivity (Wildman–Crippen MR) is 78.8 cm³/mol. The third-order valence-corrected chi connectivity index (χ3v) is 4.43. The molecule has 2 rings (SSSR count). The van der Waals surface area contributed by atoms with Crippen LogP contribution in [0.1, 0.15) is 25.3 Å². The van der Waals surface area contributed by atoms with E-state index in [0.717, 1.165) is 55.6 Å². The Morgan fingerprint density at radius 2 is 2.32 bits per heavy atom. The Morgan fingerprint density at radius 3 is 2.95 bits per heavy atom. The summed E-state index contributed by atoms with van der Waals surface area (Å²) < 4.78 is 19.6. The van der Waals surface area contributed by atoms with E-state index in [9.17, 15) is 4.39 Å². The summed E-state index contributed by atoms with van der Waals surface area (Å²) in [6.45, 7) is 5.78. The number of benzene rings is 1. The maximum absolute atomic E-state index is 13.1. The number of ether oxygens (including phenoxy) is 1. The van der Waals surface area contributed by atoms with Gasteiger partial charge in [0.05, 0.1) is 6.61 Å². The summed E-state index contributed by atoms with van der Waals surface area (Å²) in [7, 11) is 0. The molecule has 1 unspecified atom stereocenters. The second-order valence-electron chi connectivity index (χ2n) is 5.39. The molecule has 1 atom stereocenters. The number of rotatable bonds is 6. The molecule has 0 saturated carbocycles. The topological polar surface area (TPSA) is 21.3 Å². The summed E-state index contributed by atoms with van der Waals surface area (Å²) in [4.78, 5) is 0. The summed E-state index contributed by atoms with van der Waals surface area (Å²) in [5.74, 6) is -0.198. The molecule has 0 amide bonds. The molecule has 0 spiro atoms. The van der Waals surface area contributed by atoms with Gasteiger partial charge in [-0.3, -0.25) is 0 Å².